The molecule has 0 aromatic heterocycles. The Balaban J connectivity index is 1.78. The van der Waals surface area contributed by atoms with Crippen LogP contribution in [0.1, 0.15) is 24.8 Å². The molecule has 0 unspecified atom stereocenters. The average Bonchev–Trinajstić information content (AvgIpc) is 2.80. The zero-order valence-electron chi connectivity index (χ0n) is 12.1. The van der Waals surface area contributed by atoms with Gasteiger partial charge >= 0.3 is 6.03 Å². The largest absolute Gasteiger partial charge is 0.338 e. The lowest BCUT2D eigenvalue weighted by Crippen LogP contribution is -2.34. The summed E-state index contributed by atoms with van der Waals surface area (Å²) in [5, 5.41) is 6.28. The van der Waals surface area contributed by atoms with Gasteiger partial charge in [0.1, 0.15) is 0 Å². The van der Waals surface area contributed by atoms with Crippen LogP contribution in [0.15, 0.2) is 18.2 Å². The third kappa shape index (κ3) is 3.87. The maximum atomic E-state index is 11.9. The molecule has 1 aromatic carbocycles. The van der Waals surface area contributed by atoms with Gasteiger partial charge < -0.3 is 15.5 Å². The Labute approximate surface area is 125 Å². The number of amides is 2. The molecule has 1 fully saturated rings. The van der Waals surface area contributed by atoms with Crippen LogP contribution >= 0.6 is 11.6 Å². The van der Waals surface area contributed by atoms with Gasteiger partial charge in [-0.3, -0.25) is 0 Å². The summed E-state index contributed by atoms with van der Waals surface area (Å²) in [5.74, 6) is 0. The van der Waals surface area contributed by atoms with Crippen molar-refractivity contribution in [3.8, 4) is 0 Å². The topological polar surface area (TPSA) is 44.4 Å². The molecule has 2 rings (SSSR count). The van der Waals surface area contributed by atoms with Crippen LogP contribution in [0.3, 0.4) is 0 Å². The van der Waals surface area contributed by atoms with Gasteiger partial charge in [0.05, 0.1) is 10.7 Å². The van der Waals surface area contributed by atoms with Crippen molar-refractivity contribution in [3.63, 3.8) is 0 Å². The molecule has 0 bridgehead atoms. The SMILES string of the molecule is Cc1cccc(Cl)c1NC(=O)NCC[C@@H]1CCCN1C. The smallest absolute Gasteiger partial charge is 0.319 e. The molecule has 2 amide bonds. The maximum Gasteiger partial charge on any atom is 0.319 e. The average molecular weight is 296 g/mol. The highest BCUT2D eigenvalue weighted by atomic mass is 35.5. The fourth-order valence-electron chi connectivity index (χ4n) is 2.64. The van der Waals surface area contributed by atoms with Crippen molar-refractivity contribution in [1.29, 1.82) is 0 Å². The Morgan fingerprint density at radius 2 is 2.30 bits per heavy atom. The Morgan fingerprint density at radius 1 is 1.50 bits per heavy atom. The number of para-hydroxylation sites is 1. The molecule has 110 valence electrons. The summed E-state index contributed by atoms with van der Waals surface area (Å²) in [4.78, 5) is 14.2. The Morgan fingerprint density at radius 3 is 2.95 bits per heavy atom. The third-order valence-corrected chi connectivity index (χ3v) is 4.21. The fourth-order valence-corrected chi connectivity index (χ4v) is 2.91. The van der Waals surface area contributed by atoms with Crippen LogP contribution in [-0.4, -0.2) is 37.1 Å². The van der Waals surface area contributed by atoms with E-state index in [1.807, 2.05) is 19.1 Å². The minimum absolute atomic E-state index is 0.193. The van der Waals surface area contributed by atoms with Crippen LogP contribution < -0.4 is 10.6 Å². The number of anilines is 1. The first kappa shape index (κ1) is 15.1. The quantitative estimate of drug-likeness (QED) is 0.895. The highest BCUT2D eigenvalue weighted by Crippen LogP contribution is 2.25. The lowest BCUT2D eigenvalue weighted by Gasteiger charge is -2.19. The van der Waals surface area contributed by atoms with Gasteiger partial charge in [-0.25, -0.2) is 4.79 Å². The molecule has 2 N–H and O–H groups in total. The number of hydrogen-bond acceptors (Lipinski definition) is 2. The molecule has 1 aliphatic rings. The summed E-state index contributed by atoms with van der Waals surface area (Å²) in [7, 11) is 2.14. The van der Waals surface area contributed by atoms with Gasteiger partial charge in [0.25, 0.3) is 0 Å². The number of nitrogens with zero attached hydrogens (tertiary/aromatic N) is 1. The Hall–Kier alpha value is -1.26. The van der Waals surface area contributed by atoms with Gasteiger partial charge in [0.2, 0.25) is 0 Å². The summed E-state index contributed by atoms with van der Waals surface area (Å²) < 4.78 is 0. The van der Waals surface area contributed by atoms with E-state index >= 15 is 0 Å². The number of nitrogens with one attached hydrogen (secondary N) is 2. The van der Waals surface area contributed by atoms with E-state index in [9.17, 15) is 4.79 Å². The lowest BCUT2D eigenvalue weighted by molar-refractivity contribution is 0.248. The van der Waals surface area contributed by atoms with E-state index in [0.717, 1.165) is 18.5 Å². The number of halogens is 1. The molecule has 0 radical (unpaired) electrons. The second-order valence-electron chi connectivity index (χ2n) is 5.38. The van der Waals surface area contributed by atoms with E-state index in [1.165, 1.54) is 12.8 Å². The summed E-state index contributed by atoms with van der Waals surface area (Å²) >= 11 is 6.08. The van der Waals surface area contributed by atoms with Gasteiger partial charge in [-0.1, -0.05) is 23.7 Å². The number of likely N-dealkylation sites (tertiary alicyclic amines) is 1. The molecule has 5 heteroatoms. The minimum Gasteiger partial charge on any atom is -0.338 e. The monoisotopic (exact) mass is 295 g/mol. The number of urea groups is 1. The predicted molar refractivity (Wildman–Crippen MR) is 83.5 cm³/mol. The van der Waals surface area contributed by atoms with E-state index in [0.29, 0.717) is 23.3 Å². The lowest BCUT2D eigenvalue weighted by atomic mass is 10.1. The van der Waals surface area contributed by atoms with Gasteiger partial charge in [-0.2, -0.15) is 0 Å². The van der Waals surface area contributed by atoms with Crippen molar-refractivity contribution in [1.82, 2.24) is 10.2 Å². The van der Waals surface area contributed by atoms with Crippen LogP contribution in [0.2, 0.25) is 5.02 Å². The van der Waals surface area contributed by atoms with Crippen LogP contribution in [0.25, 0.3) is 0 Å². The summed E-state index contributed by atoms with van der Waals surface area (Å²) in [6.07, 6.45) is 3.47. The predicted octanol–water partition coefficient (Wildman–Crippen LogP) is 3.25. The molecule has 1 saturated heterocycles. The van der Waals surface area contributed by atoms with E-state index < -0.39 is 0 Å². The molecular weight excluding hydrogens is 274 g/mol. The van der Waals surface area contributed by atoms with Crippen molar-refractivity contribution in [2.75, 3.05) is 25.5 Å². The van der Waals surface area contributed by atoms with Crippen LogP contribution in [0.5, 0.6) is 0 Å². The molecule has 1 atom stereocenters. The number of aryl methyl sites for hydroxylation is 1. The highest BCUT2D eigenvalue weighted by molar-refractivity contribution is 6.33. The van der Waals surface area contributed by atoms with Gasteiger partial charge in [-0.15, -0.1) is 0 Å². The standard InChI is InChI=1S/C15H22ClN3O/c1-11-5-3-7-13(16)14(11)18-15(20)17-9-8-12-6-4-10-19(12)2/h3,5,7,12H,4,6,8-10H2,1-2H3,(H2,17,18,20)/t12-/m0/s1. The molecule has 1 aromatic rings. The maximum absolute atomic E-state index is 11.9. The normalized spacial score (nSPS) is 19.1. The summed E-state index contributed by atoms with van der Waals surface area (Å²) in [5.41, 5.74) is 1.65. The molecule has 4 nitrogen and oxygen atoms in total. The first-order valence-electron chi connectivity index (χ1n) is 7.08. The van der Waals surface area contributed by atoms with Crippen molar-refractivity contribution in [2.24, 2.45) is 0 Å². The molecule has 0 spiro atoms. The molecule has 0 aliphatic carbocycles. The number of hydrogen-bond donors (Lipinski definition) is 2. The van der Waals surface area contributed by atoms with E-state index in [1.54, 1.807) is 6.07 Å². The second-order valence-corrected chi connectivity index (χ2v) is 5.79. The zero-order chi connectivity index (χ0) is 14.5. The summed E-state index contributed by atoms with van der Waals surface area (Å²) in [6, 6.07) is 5.97. The molecule has 0 saturated carbocycles. The summed E-state index contributed by atoms with van der Waals surface area (Å²) in [6.45, 7) is 3.77. The molecule has 20 heavy (non-hydrogen) atoms. The van der Waals surface area contributed by atoms with Crippen molar-refractivity contribution in [3.05, 3.63) is 28.8 Å². The molecule has 1 heterocycles. The first-order valence-corrected chi connectivity index (χ1v) is 7.46. The van der Waals surface area contributed by atoms with E-state index in [2.05, 4.69) is 22.6 Å². The highest BCUT2D eigenvalue weighted by Gasteiger charge is 2.20. The van der Waals surface area contributed by atoms with E-state index in [4.69, 9.17) is 11.6 Å². The fraction of sp³-hybridized carbons (Fsp3) is 0.533. The van der Waals surface area contributed by atoms with Crippen molar-refractivity contribution >= 4 is 23.3 Å². The number of carbonyl (C=O) groups excluding carboxylic acids is 1. The molecule has 1 aliphatic heterocycles. The number of benzene rings is 1. The first-order chi connectivity index (χ1) is 9.58. The van der Waals surface area contributed by atoms with Gasteiger partial charge in [0, 0.05) is 12.6 Å². The Kier molecular flexibility index (Phi) is 5.26. The minimum atomic E-state index is -0.193. The second kappa shape index (κ2) is 6.95. The van der Waals surface area contributed by atoms with Gasteiger partial charge in [-0.05, 0) is 51.4 Å². The third-order valence-electron chi connectivity index (χ3n) is 3.90. The van der Waals surface area contributed by atoms with E-state index in [-0.39, 0.29) is 6.03 Å². The van der Waals surface area contributed by atoms with Crippen molar-refractivity contribution < 1.29 is 4.79 Å². The Bertz CT molecular complexity index is 458. The molecular formula is C15H22ClN3O. The van der Waals surface area contributed by atoms with Crippen molar-refractivity contribution in [2.45, 2.75) is 32.2 Å². The number of carbonyl (C=O) groups is 1. The number of rotatable bonds is 4. The van der Waals surface area contributed by atoms with Crippen LogP contribution in [0.4, 0.5) is 10.5 Å². The van der Waals surface area contributed by atoms with Gasteiger partial charge in [0.15, 0.2) is 0 Å². The van der Waals surface area contributed by atoms with Crippen LogP contribution in [0, 0.1) is 6.92 Å². The van der Waals surface area contributed by atoms with Crippen LogP contribution in [-0.2, 0) is 0 Å². The zero-order valence-corrected chi connectivity index (χ0v) is 12.8.